The lowest BCUT2D eigenvalue weighted by atomic mass is 9.94. The molecule has 0 aliphatic rings. The first-order valence-electron chi connectivity index (χ1n) is 10.3. The third-order valence-corrected chi connectivity index (χ3v) is 5.22. The minimum Gasteiger partial charge on any atom is -0.481 e. The first-order chi connectivity index (χ1) is 15.4. The number of aromatic nitrogens is 5. The zero-order valence-electron chi connectivity index (χ0n) is 17.8. The Morgan fingerprint density at radius 1 is 1.12 bits per heavy atom. The highest BCUT2D eigenvalue weighted by molar-refractivity contribution is 5.68. The first-order valence-corrected chi connectivity index (χ1v) is 10.3. The van der Waals surface area contributed by atoms with Gasteiger partial charge < -0.3 is 19.9 Å². The number of pyridine rings is 1. The molecule has 3 N–H and O–H groups in total. The lowest BCUT2D eigenvalue weighted by molar-refractivity contribution is -0.137. The fraction of sp³-hybridized carbons (Fsp3) is 0.261. The number of carboxylic acid groups (broad SMARTS) is 1. The zero-order chi connectivity index (χ0) is 22.7. The Bertz CT molecular complexity index is 1200. The third kappa shape index (κ3) is 4.83. The monoisotopic (exact) mass is 432 g/mol. The van der Waals surface area contributed by atoms with Crippen LogP contribution in [0.4, 0.5) is 5.82 Å². The second kappa shape index (κ2) is 9.01. The molecule has 0 bridgehead atoms. The molecule has 0 spiro atoms. The standard InChI is InChI=1S/C23H24N6O3/c1-14(2)15-3-5-16(6-4-15)23-27-21(32-28-23)12-29-11-19(26-13-29)18(9-22(30)31)17-7-8-20(24)25-10-17/h3-8,10-11,13-14,18H,9,12H2,1-2H3,(H2,24,25)(H,30,31). The van der Waals surface area contributed by atoms with Crippen LogP contribution in [0.25, 0.3) is 11.4 Å². The Kier molecular flexibility index (Phi) is 5.98. The largest absolute Gasteiger partial charge is 0.481 e. The van der Waals surface area contributed by atoms with E-state index in [9.17, 15) is 9.90 Å². The number of nitrogen functional groups attached to an aromatic ring is 1. The van der Waals surface area contributed by atoms with Gasteiger partial charge in [0, 0.05) is 23.9 Å². The Labute approximate surface area is 184 Å². The highest BCUT2D eigenvalue weighted by Crippen LogP contribution is 2.27. The molecule has 1 atom stereocenters. The van der Waals surface area contributed by atoms with Gasteiger partial charge in [-0.1, -0.05) is 49.3 Å². The fourth-order valence-corrected chi connectivity index (χ4v) is 3.44. The molecule has 0 amide bonds. The lowest BCUT2D eigenvalue weighted by Crippen LogP contribution is -2.09. The molecule has 4 aromatic rings. The van der Waals surface area contributed by atoms with Crippen LogP contribution in [0, 0.1) is 0 Å². The third-order valence-electron chi connectivity index (χ3n) is 5.22. The summed E-state index contributed by atoms with van der Waals surface area (Å²) in [7, 11) is 0. The molecule has 9 heteroatoms. The molecular formula is C23H24N6O3. The number of hydrogen-bond acceptors (Lipinski definition) is 7. The number of hydrogen-bond donors (Lipinski definition) is 2. The van der Waals surface area contributed by atoms with Crippen molar-refractivity contribution in [1.82, 2.24) is 24.7 Å². The molecule has 4 rings (SSSR count). The minimum absolute atomic E-state index is 0.111. The molecule has 3 heterocycles. The quantitative estimate of drug-likeness (QED) is 0.431. The van der Waals surface area contributed by atoms with Crippen molar-refractivity contribution in [1.29, 1.82) is 0 Å². The highest BCUT2D eigenvalue weighted by atomic mass is 16.5. The van der Waals surface area contributed by atoms with Crippen molar-refractivity contribution in [3.05, 3.63) is 77.8 Å². The molecule has 32 heavy (non-hydrogen) atoms. The maximum absolute atomic E-state index is 11.4. The molecule has 1 unspecified atom stereocenters. The summed E-state index contributed by atoms with van der Waals surface area (Å²) >= 11 is 0. The van der Waals surface area contributed by atoms with Crippen LogP contribution in [0.2, 0.25) is 0 Å². The van der Waals surface area contributed by atoms with E-state index < -0.39 is 11.9 Å². The van der Waals surface area contributed by atoms with E-state index in [4.69, 9.17) is 10.3 Å². The van der Waals surface area contributed by atoms with E-state index in [2.05, 4.69) is 46.1 Å². The molecular weight excluding hydrogens is 408 g/mol. The van der Waals surface area contributed by atoms with Crippen LogP contribution in [-0.4, -0.2) is 35.8 Å². The number of nitrogens with zero attached hydrogens (tertiary/aromatic N) is 5. The lowest BCUT2D eigenvalue weighted by Gasteiger charge is -2.12. The molecule has 0 fully saturated rings. The maximum atomic E-state index is 11.4. The van der Waals surface area contributed by atoms with Crippen LogP contribution >= 0.6 is 0 Å². The van der Waals surface area contributed by atoms with Crippen LogP contribution in [0.1, 0.15) is 54.8 Å². The average molecular weight is 432 g/mol. The number of aliphatic carboxylic acids is 1. The molecule has 164 valence electrons. The van der Waals surface area contributed by atoms with E-state index in [1.807, 2.05) is 12.1 Å². The van der Waals surface area contributed by atoms with Crippen LogP contribution in [0.5, 0.6) is 0 Å². The molecule has 0 saturated heterocycles. The number of carboxylic acids is 1. The molecule has 0 saturated carbocycles. The second-order valence-electron chi connectivity index (χ2n) is 7.93. The van der Waals surface area contributed by atoms with Crippen LogP contribution < -0.4 is 5.73 Å². The van der Waals surface area contributed by atoms with Gasteiger partial charge in [-0.3, -0.25) is 4.79 Å². The summed E-state index contributed by atoms with van der Waals surface area (Å²) in [6.45, 7) is 4.61. The second-order valence-corrected chi connectivity index (χ2v) is 7.93. The summed E-state index contributed by atoms with van der Waals surface area (Å²) in [5.41, 5.74) is 9.13. The van der Waals surface area contributed by atoms with Crippen molar-refractivity contribution in [2.24, 2.45) is 0 Å². The van der Waals surface area contributed by atoms with Crippen LogP contribution in [-0.2, 0) is 11.3 Å². The topological polar surface area (TPSA) is 133 Å². The summed E-state index contributed by atoms with van der Waals surface area (Å²) in [6, 6.07) is 11.5. The number of imidazole rings is 1. The molecule has 1 aromatic carbocycles. The van der Waals surface area contributed by atoms with Gasteiger partial charge in [-0.25, -0.2) is 9.97 Å². The smallest absolute Gasteiger partial charge is 0.304 e. The van der Waals surface area contributed by atoms with E-state index in [0.29, 0.717) is 35.7 Å². The van der Waals surface area contributed by atoms with Crippen molar-refractivity contribution in [2.75, 3.05) is 5.73 Å². The highest BCUT2D eigenvalue weighted by Gasteiger charge is 2.21. The van der Waals surface area contributed by atoms with E-state index in [-0.39, 0.29) is 6.42 Å². The minimum atomic E-state index is -0.925. The molecule has 3 aromatic heterocycles. The van der Waals surface area contributed by atoms with Gasteiger partial charge >= 0.3 is 5.97 Å². The Hall–Kier alpha value is -4.01. The van der Waals surface area contributed by atoms with E-state index in [0.717, 1.165) is 11.1 Å². The number of carbonyl (C=O) groups is 1. The van der Waals surface area contributed by atoms with Crippen LogP contribution in [0.15, 0.2) is 59.6 Å². The van der Waals surface area contributed by atoms with Crippen molar-refractivity contribution >= 4 is 11.8 Å². The SMILES string of the molecule is CC(C)c1ccc(-c2noc(Cn3cnc(C(CC(=O)O)c4ccc(N)nc4)c3)n2)cc1. The van der Waals surface area contributed by atoms with Crippen molar-refractivity contribution in [3.63, 3.8) is 0 Å². The van der Waals surface area contributed by atoms with Gasteiger partial charge in [-0.05, 0) is 23.1 Å². The fourth-order valence-electron chi connectivity index (χ4n) is 3.44. The molecule has 0 aliphatic carbocycles. The molecule has 0 radical (unpaired) electrons. The van der Waals surface area contributed by atoms with Crippen LogP contribution in [0.3, 0.4) is 0 Å². The summed E-state index contributed by atoms with van der Waals surface area (Å²) in [5.74, 6) is 0.410. The number of nitrogens with two attached hydrogens (primary N) is 1. The summed E-state index contributed by atoms with van der Waals surface area (Å²) in [6.07, 6.45) is 4.87. The van der Waals surface area contributed by atoms with Crippen molar-refractivity contribution < 1.29 is 14.4 Å². The van der Waals surface area contributed by atoms with Gasteiger partial charge in [0.2, 0.25) is 11.7 Å². The predicted molar refractivity (Wildman–Crippen MR) is 118 cm³/mol. The normalized spacial score (nSPS) is 12.2. The predicted octanol–water partition coefficient (Wildman–Crippen LogP) is 3.69. The molecule has 9 nitrogen and oxygen atoms in total. The van der Waals surface area contributed by atoms with Gasteiger partial charge in [0.15, 0.2) is 0 Å². The average Bonchev–Trinajstić information content (AvgIpc) is 3.43. The first kappa shape index (κ1) is 21.2. The Morgan fingerprint density at radius 2 is 1.88 bits per heavy atom. The van der Waals surface area contributed by atoms with Crippen molar-refractivity contribution in [3.8, 4) is 11.4 Å². The summed E-state index contributed by atoms with van der Waals surface area (Å²) in [5, 5.41) is 13.4. The zero-order valence-corrected chi connectivity index (χ0v) is 17.8. The van der Waals surface area contributed by atoms with Gasteiger partial charge in [0.05, 0.1) is 18.4 Å². The summed E-state index contributed by atoms with van der Waals surface area (Å²) < 4.78 is 7.19. The van der Waals surface area contributed by atoms with E-state index in [1.165, 1.54) is 5.56 Å². The van der Waals surface area contributed by atoms with Gasteiger partial charge in [-0.15, -0.1) is 0 Å². The number of benzene rings is 1. The van der Waals surface area contributed by atoms with Gasteiger partial charge in [0.1, 0.15) is 12.4 Å². The Morgan fingerprint density at radius 3 is 2.53 bits per heavy atom. The number of rotatable bonds is 8. The molecule has 0 aliphatic heterocycles. The van der Waals surface area contributed by atoms with Crippen molar-refractivity contribution in [2.45, 2.75) is 38.6 Å². The number of anilines is 1. The maximum Gasteiger partial charge on any atom is 0.304 e. The van der Waals surface area contributed by atoms with E-state index >= 15 is 0 Å². The Balaban J connectivity index is 1.51. The van der Waals surface area contributed by atoms with E-state index in [1.54, 1.807) is 35.4 Å². The van der Waals surface area contributed by atoms with Gasteiger partial charge in [-0.2, -0.15) is 4.98 Å². The van der Waals surface area contributed by atoms with Gasteiger partial charge in [0.25, 0.3) is 0 Å². The summed E-state index contributed by atoms with van der Waals surface area (Å²) in [4.78, 5) is 24.4.